The lowest BCUT2D eigenvalue weighted by atomic mass is 9.76. The van der Waals surface area contributed by atoms with E-state index in [2.05, 4.69) is 333 Å². The Bertz CT molecular complexity index is 5810. The number of nitrogens with zero attached hydrogens (tertiary/aromatic N) is 6. The second-order valence-electron chi connectivity index (χ2n) is 41.4. The Labute approximate surface area is 810 Å². The third kappa shape index (κ3) is 17.6. The molecule has 0 spiro atoms. The first-order valence-corrected chi connectivity index (χ1v) is 50.1. The topological polar surface area (TPSA) is 65.6 Å². The van der Waals surface area contributed by atoms with Crippen molar-refractivity contribution in [2.24, 2.45) is 0 Å². The Morgan fingerprint density at radius 2 is 0.672 bits per heavy atom. The Hall–Kier alpha value is -7.75. The van der Waals surface area contributed by atoms with Gasteiger partial charge < -0.3 is 53.1 Å². The van der Waals surface area contributed by atoms with Crippen molar-refractivity contribution in [1.29, 1.82) is 0 Å². The molecular weight excluding hydrogens is 1720 g/mol. The summed E-state index contributed by atoms with van der Waals surface area (Å²) in [6, 6.07) is 35.5. The number of methoxy groups -OCH3 is 1. The maximum Gasteiger partial charge on any atom is 0.169 e. The van der Waals surface area contributed by atoms with Gasteiger partial charge in [-0.25, -0.2) is 0 Å². The summed E-state index contributed by atoms with van der Waals surface area (Å²) in [4.78, 5) is 13.9. The SMILES string of the molecule is CCCCOCCOC1(/C=C/C2=C(Cl)C(=C/C=C3\N(C)c4cc5c(cc4C3(C)C)CCC5)/CCC2)N(C)c2cc3c(cc2C1(C)C)CCC3.CCOCCOC1(/C=C/C2=C(Cl)C(=C/C=C3\N(C)c4ccc(Cl)cc4C3(C)C)/CCC2)N(C)c2ccc(Cl)cc2C1(C)C.COC1(/C=C/C2=C(Cl)C(=C/C=C3\N(C)c4ccc(C)cc4C3(C)C)/CCC2)N(C)c2ccc(C)cc2C1(C)C. The van der Waals surface area contributed by atoms with Crippen LogP contribution in [0.4, 0.5) is 34.1 Å². The monoisotopic (exact) mass is 1860 g/mol. The molecule has 6 aromatic carbocycles. The lowest BCUT2D eigenvalue weighted by Crippen LogP contribution is -2.55. The van der Waals surface area contributed by atoms with Gasteiger partial charge in [0.15, 0.2) is 17.2 Å². The number of rotatable bonds is 22. The predicted octanol–water partition coefficient (Wildman–Crippen LogP) is 29.2. The Morgan fingerprint density at radius 3 is 1.13 bits per heavy atom. The van der Waals surface area contributed by atoms with E-state index in [0.717, 1.165) is 125 Å². The fourth-order valence-corrected chi connectivity index (χ4v) is 24.8. The van der Waals surface area contributed by atoms with Crippen LogP contribution in [-0.4, -0.2) is 106 Å². The van der Waals surface area contributed by atoms with Crippen molar-refractivity contribution in [3.05, 3.63) is 312 Å². The molecule has 16 heteroatoms. The Morgan fingerprint density at radius 1 is 0.336 bits per heavy atom. The van der Waals surface area contributed by atoms with Gasteiger partial charge in [0.25, 0.3) is 0 Å². The smallest absolute Gasteiger partial charge is 0.169 e. The summed E-state index contributed by atoms with van der Waals surface area (Å²) < 4.78 is 31.7. The molecule has 6 aromatic rings. The van der Waals surface area contributed by atoms with E-state index in [4.69, 9.17) is 81.7 Å². The van der Waals surface area contributed by atoms with E-state index < -0.39 is 17.2 Å². The maximum absolute atomic E-state index is 7.31. The number of anilines is 6. The lowest BCUT2D eigenvalue weighted by Gasteiger charge is -2.44. The molecule has 11 aliphatic rings. The normalized spacial score (nSPS) is 25.2. The average Bonchev–Trinajstić information content (AvgIpc) is 1.57. The fourth-order valence-electron chi connectivity index (χ4n) is 23.5. The highest BCUT2D eigenvalue weighted by molar-refractivity contribution is 6.33. The van der Waals surface area contributed by atoms with Crippen LogP contribution in [0.5, 0.6) is 0 Å². The van der Waals surface area contributed by atoms with Crippen LogP contribution < -0.4 is 29.4 Å². The number of unbranched alkanes of at least 4 members (excludes halogenated alkanes) is 1. The highest BCUT2D eigenvalue weighted by Crippen LogP contribution is 2.59. The molecule has 0 bridgehead atoms. The van der Waals surface area contributed by atoms with Gasteiger partial charge in [0.05, 0.1) is 26.4 Å². The quantitative estimate of drug-likeness (QED) is 0.0611. The molecule has 6 heterocycles. The maximum atomic E-state index is 7.31. The molecule has 3 atom stereocenters. The van der Waals surface area contributed by atoms with Gasteiger partial charge in [0.2, 0.25) is 0 Å². The fraction of sp³-hybridized carbons (Fsp3) is 0.478. The zero-order valence-corrected chi connectivity index (χ0v) is 86.3. The van der Waals surface area contributed by atoms with Crippen LogP contribution in [0.1, 0.15) is 247 Å². The van der Waals surface area contributed by atoms with Gasteiger partial charge in [-0.05, 0) is 310 Å². The number of benzene rings is 6. The number of likely N-dealkylation sites (N-methyl/N-ethyl adjacent to an activating group) is 6. The predicted molar refractivity (Wildman–Crippen MR) is 556 cm³/mol. The highest BCUT2D eigenvalue weighted by atomic mass is 35.5. The number of ether oxygens (including phenoxy) is 5. The molecule has 3 unspecified atom stereocenters. The van der Waals surface area contributed by atoms with E-state index in [-0.39, 0.29) is 32.5 Å². The summed E-state index contributed by atoms with van der Waals surface area (Å²) in [6.45, 7) is 39.6. The van der Waals surface area contributed by atoms with Gasteiger partial charge in [0, 0.05) is 171 Å². The third-order valence-electron chi connectivity index (χ3n) is 31.5. The van der Waals surface area contributed by atoms with Crippen molar-refractivity contribution < 1.29 is 23.7 Å². The largest absolute Gasteiger partial charge is 0.379 e. The zero-order valence-electron chi connectivity index (χ0n) is 82.5. The van der Waals surface area contributed by atoms with Crippen LogP contribution in [0.25, 0.3) is 0 Å². The van der Waals surface area contributed by atoms with Crippen molar-refractivity contribution in [2.75, 3.05) is 118 Å². The van der Waals surface area contributed by atoms with Crippen molar-refractivity contribution in [3.8, 4) is 0 Å². The second-order valence-corrected chi connectivity index (χ2v) is 43.4. The first-order valence-electron chi connectivity index (χ1n) is 48.2. The number of halogens is 5. The minimum absolute atomic E-state index is 0.0514. The Balaban J connectivity index is 0.000000152. The molecule has 0 amide bonds. The lowest BCUT2D eigenvalue weighted by molar-refractivity contribution is -0.0681. The van der Waals surface area contributed by atoms with Crippen LogP contribution in [-0.2, 0) is 81.9 Å². The minimum atomic E-state index is -0.742. The van der Waals surface area contributed by atoms with E-state index in [9.17, 15) is 0 Å². The summed E-state index contributed by atoms with van der Waals surface area (Å²) in [5.41, 5.74) is 31.8. The van der Waals surface area contributed by atoms with Crippen LogP contribution in [0.2, 0.25) is 10.0 Å². The van der Waals surface area contributed by atoms with E-state index >= 15 is 0 Å². The molecule has 0 fully saturated rings. The first-order chi connectivity index (χ1) is 62.2. The summed E-state index contributed by atoms with van der Waals surface area (Å²) in [7, 11) is 14.8. The van der Waals surface area contributed by atoms with Crippen LogP contribution in [0.3, 0.4) is 0 Å². The summed E-state index contributed by atoms with van der Waals surface area (Å²) >= 11 is 34.4. The summed E-state index contributed by atoms with van der Waals surface area (Å²) in [6.07, 6.45) is 45.5. The highest BCUT2D eigenvalue weighted by Gasteiger charge is 2.59. The van der Waals surface area contributed by atoms with E-state index in [1.807, 2.05) is 26.2 Å². The number of hydrogen-bond donors (Lipinski definition) is 0. The molecule has 0 aromatic heterocycles. The molecule has 131 heavy (non-hydrogen) atoms. The average molecular weight is 1870 g/mol. The van der Waals surface area contributed by atoms with E-state index in [1.54, 1.807) is 5.56 Å². The molecular formula is C115H143Cl5N6O5. The third-order valence-corrected chi connectivity index (χ3v) is 33.4. The molecule has 6 aliphatic heterocycles. The number of allylic oxidation sites excluding steroid dienone is 21. The van der Waals surface area contributed by atoms with Crippen LogP contribution >= 0.6 is 58.0 Å². The van der Waals surface area contributed by atoms with Crippen LogP contribution in [0.15, 0.2) is 236 Å². The number of fused-ring (bicyclic) bond motifs is 8. The van der Waals surface area contributed by atoms with Crippen molar-refractivity contribution in [3.63, 3.8) is 0 Å². The van der Waals surface area contributed by atoms with Gasteiger partial charge in [0.1, 0.15) is 0 Å². The van der Waals surface area contributed by atoms with Gasteiger partial charge in [-0.1, -0.05) is 238 Å². The standard InChI is InChI=1S/C44H57ClN2O2.C36H43Cl3N2O2.C35H43ClN2O/c1-8-9-23-48-24-25-49-44(43(4,5)37-27-33-16-12-18-35(33)29-39(37)47(44)7)22-21-31-14-10-13-30(41(31)45)19-20-40-42(2,3)36-26-32-15-11-17-34(32)28-38(36)46(40)6;1-8-42-20-21-43-36(35(4,5)29-23-27(38)14-16-31(29)41(36)7)19-18-25-11-9-10-24(33(25)39)12-17-32-34(2,3)28-22-26(37)13-15-30(28)40(32)6;1-23-13-16-29-27(21-23)33(3,4)31(37(29)7)18-15-25-11-10-12-26(32(25)36)19-20-35(39-9)34(5,6)28-22-24(2)14-17-30(28)38(35)8/h19-22,26-29H,8-18,23-25H2,1-7H3;12-19,22-23H,8-11,20-21H2,1-7H3;13-22H,10-12H2,1-9H3/b22-21+,30-19+,40-20-;19-18+,24-12+,32-17-;20-19+,25-15+,31-18-. The van der Waals surface area contributed by atoms with Crippen molar-refractivity contribution >= 4 is 92.1 Å². The van der Waals surface area contributed by atoms with E-state index in [1.165, 1.54) is 162 Å². The minimum Gasteiger partial charge on any atom is -0.379 e. The summed E-state index contributed by atoms with van der Waals surface area (Å²) in [5, 5.41) is 4.07. The number of hydrogen-bond acceptors (Lipinski definition) is 11. The molecule has 0 N–H and O–H groups in total. The van der Waals surface area contributed by atoms with Crippen molar-refractivity contribution in [2.45, 2.75) is 270 Å². The first kappa shape index (κ1) is 97.8. The van der Waals surface area contributed by atoms with Gasteiger partial charge in [-0.15, -0.1) is 0 Å². The number of aryl methyl sites for hydroxylation is 6. The van der Waals surface area contributed by atoms with Gasteiger partial charge >= 0.3 is 0 Å². The van der Waals surface area contributed by atoms with Crippen LogP contribution in [0, 0.1) is 13.8 Å². The summed E-state index contributed by atoms with van der Waals surface area (Å²) in [5.74, 6) is 0. The zero-order chi connectivity index (χ0) is 94.0. The molecule has 0 saturated heterocycles. The van der Waals surface area contributed by atoms with E-state index in [0.29, 0.717) is 33.0 Å². The molecule has 0 radical (unpaired) electrons. The van der Waals surface area contributed by atoms with Gasteiger partial charge in [-0.3, -0.25) is 0 Å². The molecule has 5 aliphatic carbocycles. The second kappa shape index (κ2) is 38.4. The molecule has 698 valence electrons. The molecule has 11 nitrogen and oxygen atoms in total. The molecule has 0 saturated carbocycles. The molecule has 17 rings (SSSR count). The Kier molecular flexibility index (Phi) is 28.7. The van der Waals surface area contributed by atoms with Gasteiger partial charge in [-0.2, -0.15) is 0 Å². The van der Waals surface area contributed by atoms with Crippen molar-refractivity contribution in [1.82, 2.24) is 0 Å².